The summed E-state index contributed by atoms with van der Waals surface area (Å²) in [6.07, 6.45) is 3.56. The summed E-state index contributed by atoms with van der Waals surface area (Å²) in [5.74, 6) is 1.01. The van der Waals surface area contributed by atoms with Crippen LogP contribution in [-0.4, -0.2) is 23.9 Å². The molecule has 1 aliphatic heterocycles. The van der Waals surface area contributed by atoms with Crippen molar-refractivity contribution in [3.63, 3.8) is 0 Å². The Kier molecular flexibility index (Phi) is 3.82. The molecule has 2 heteroatoms. The van der Waals surface area contributed by atoms with E-state index in [2.05, 4.69) is 6.92 Å². The molecule has 0 N–H and O–H groups in total. The highest BCUT2D eigenvalue weighted by Crippen LogP contribution is 2.21. The number of carbonyl (C=O) groups is 1. The summed E-state index contributed by atoms with van der Waals surface area (Å²) in [4.78, 5) is 14.3. The van der Waals surface area contributed by atoms with E-state index in [4.69, 9.17) is 0 Å². The fraction of sp³-hybridized carbons (Fsp3) is 0.533. The predicted molar refractivity (Wildman–Crippen MR) is 70.1 cm³/mol. The second-order valence-electron chi connectivity index (χ2n) is 5.01. The van der Waals surface area contributed by atoms with Crippen molar-refractivity contribution in [2.24, 2.45) is 5.92 Å². The molecular weight excluding hydrogens is 210 g/mol. The van der Waals surface area contributed by atoms with Gasteiger partial charge in [0.2, 0.25) is 0 Å². The second kappa shape index (κ2) is 5.35. The molecule has 2 rings (SSSR count). The first-order valence-corrected chi connectivity index (χ1v) is 6.56. The molecule has 1 aliphatic rings. The lowest BCUT2D eigenvalue weighted by Gasteiger charge is -2.31. The van der Waals surface area contributed by atoms with Crippen molar-refractivity contribution >= 4 is 5.91 Å². The fourth-order valence-corrected chi connectivity index (χ4v) is 2.50. The SMILES string of the molecule is CCC1CCN(C(=O)c2cccc(C)c2)CC1. The van der Waals surface area contributed by atoms with Crippen LogP contribution in [0.3, 0.4) is 0 Å². The maximum Gasteiger partial charge on any atom is 0.253 e. The van der Waals surface area contributed by atoms with Crippen LogP contribution in [0.2, 0.25) is 0 Å². The highest BCUT2D eigenvalue weighted by atomic mass is 16.2. The van der Waals surface area contributed by atoms with Gasteiger partial charge in [-0.2, -0.15) is 0 Å². The number of piperidine rings is 1. The minimum Gasteiger partial charge on any atom is -0.339 e. The number of carbonyl (C=O) groups excluding carboxylic acids is 1. The summed E-state index contributed by atoms with van der Waals surface area (Å²) in [6.45, 7) is 6.11. The molecule has 0 saturated carbocycles. The average Bonchev–Trinajstić information content (AvgIpc) is 2.38. The lowest BCUT2D eigenvalue weighted by Crippen LogP contribution is -2.38. The van der Waals surface area contributed by atoms with Crippen molar-refractivity contribution in [2.75, 3.05) is 13.1 Å². The Morgan fingerprint density at radius 2 is 2.06 bits per heavy atom. The van der Waals surface area contributed by atoms with Crippen LogP contribution in [0.15, 0.2) is 24.3 Å². The molecule has 0 unspecified atom stereocenters. The number of rotatable bonds is 2. The molecule has 0 spiro atoms. The number of likely N-dealkylation sites (tertiary alicyclic amines) is 1. The fourth-order valence-electron chi connectivity index (χ4n) is 2.50. The van der Waals surface area contributed by atoms with E-state index in [0.717, 1.165) is 43.0 Å². The van der Waals surface area contributed by atoms with E-state index in [-0.39, 0.29) is 5.91 Å². The summed E-state index contributed by atoms with van der Waals surface area (Å²) < 4.78 is 0. The van der Waals surface area contributed by atoms with Crippen molar-refractivity contribution in [3.8, 4) is 0 Å². The number of hydrogen-bond acceptors (Lipinski definition) is 1. The van der Waals surface area contributed by atoms with Gasteiger partial charge in [-0.3, -0.25) is 4.79 Å². The van der Waals surface area contributed by atoms with Gasteiger partial charge in [0, 0.05) is 18.7 Å². The summed E-state index contributed by atoms with van der Waals surface area (Å²) in [5.41, 5.74) is 1.99. The molecule has 1 amide bonds. The third-order valence-electron chi connectivity index (χ3n) is 3.74. The first-order valence-electron chi connectivity index (χ1n) is 6.56. The second-order valence-corrected chi connectivity index (χ2v) is 5.01. The Morgan fingerprint density at radius 3 is 2.65 bits per heavy atom. The van der Waals surface area contributed by atoms with Crippen LogP contribution in [0.25, 0.3) is 0 Å². The molecule has 1 saturated heterocycles. The van der Waals surface area contributed by atoms with Gasteiger partial charge in [0.05, 0.1) is 0 Å². The normalized spacial score (nSPS) is 17.2. The molecule has 17 heavy (non-hydrogen) atoms. The van der Waals surface area contributed by atoms with Gasteiger partial charge >= 0.3 is 0 Å². The van der Waals surface area contributed by atoms with Gasteiger partial charge in [-0.05, 0) is 37.8 Å². The zero-order valence-electron chi connectivity index (χ0n) is 10.8. The Balaban J connectivity index is 2.02. The van der Waals surface area contributed by atoms with Gasteiger partial charge in [0.1, 0.15) is 0 Å². The predicted octanol–water partition coefficient (Wildman–Crippen LogP) is 3.26. The van der Waals surface area contributed by atoms with Crippen LogP contribution in [0.5, 0.6) is 0 Å². The Labute approximate surface area is 104 Å². The number of aryl methyl sites for hydroxylation is 1. The van der Waals surface area contributed by atoms with E-state index in [1.54, 1.807) is 0 Å². The van der Waals surface area contributed by atoms with Gasteiger partial charge in [-0.1, -0.05) is 31.0 Å². The van der Waals surface area contributed by atoms with Gasteiger partial charge in [-0.25, -0.2) is 0 Å². The summed E-state index contributed by atoms with van der Waals surface area (Å²) in [5, 5.41) is 0. The highest BCUT2D eigenvalue weighted by molar-refractivity contribution is 5.94. The molecule has 1 aromatic rings. The van der Waals surface area contributed by atoms with Crippen molar-refractivity contribution in [1.82, 2.24) is 4.90 Å². The maximum absolute atomic E-state index is 12.3. The molecule has 0 bridgehead atoms. The van der Waals surface area contributed by atoms with Crippen LogP contribution < -0.4 is 0 Å². The van der Waals surface area contributed by atoms with Crippen LogP contribution in [0.4, 0.5) is 0 Å². The van der Waals surface area contributed by atoms with Crippen LogP contribution >= 0.6 is 0 Å². The smallest absolute Gasteiger partial charge is 0.253 e. The summed E-state index contributed by atoms with van der Waals surface area (Å²) >= 11 is 0. The van der Waals surface area contributed by atoms with Crippen LogP contribution in [-0.2, 0) is 0 Å². The Hall–Kier alpha value is -1.31. The first kappa shape index (κ1) is 12.2. The lowest BCUT2D eigenvalue weighted by atomic mass is 9.94. The van der Waals surface area contributed by atoms with E-state index in [9.17, 15) is 4.79 Å². The van der Waals surface area contributed by atoms with Gasteiger partial charge < -0.3 is 4.90 Å². The minimum absolute atomic E-state index is 0.197. The highest BCUT2D eigenvalue weighted by Gasteiger charge is 2.22. The van der Waals surface area contributed by atoms with Gasteiger partial charge in [0.15, 0.2) is 0 Å². The number of amides is 1. The third kappa shape index (κ3) is 2.87. The molecule has 0 aromatic heterocycles. The number of hydrogen-bond donors (Lipinski definition) is 0. The third-order valence-corrected chi connectivity index (χ3v) is 3.74. The van der Waals surface area contributed by atoms with Crippen LogP contribution in [0.1, 0.15) is 42.1 Å². The van der Waals surface area contributed by atoms with E-state index in [1.165, 1.54) is 6.42 Å². The van der Waals surface area contributed by atoms with E-state index in [1.807, 2.05) is 36.1 Å². The first-order chi connectivity index (χ1) is 8.20. The topological polar surface area (TPSA) is 20.3 Å². The average molecular weight is 231 g/mol. The van der Waals surface area contributed by atoms with Crippen molar-refractivity contribution in [1.29, 1.82) is 0 Å². The van der Waals surface area contributed by atoms with Crippen molar-refractivity contribution < 1.29 is 4.79 Å². The molecule has 0 radical (unpaired) electrons. The standard InChI is InChI=1S/C15H21NO/c1-3-13-7-9-16(10-8-13)15(17)14-6-4-5-12(2)11-14/h4-6,11,13H,3,7-10H2,1-2H3. The summed E-state index contributed by atoms with van der Waals surface area (Å²) in [6, 6.07) is 7.89. The molecule has 1 aromatic carbocycles. The maximum atomic E-state index is 12.3. The van der Waals surface area contributed by atoms with E-state index < -0.39 is 0 Å². The summed E-state index contributed by atoms with van der Waals surface area (Å²) in [7, 11) is 0. The van der Waals surface area contributed by atoms with E-state index in [0.29, 0.717) is 0 Å². The zero-order valence-corrected chi connectivity index (χ0v) is 10.8. The molecule has 0 aliphatic carbocycles. The van der Waals surface area contributed by atoms with Crippen LogP contribution in [0, 0.1) is 12.8 Å². The molecular formula is C15H21NO. The Bertz CT molecular complexity index is 392. The zero-order chi connectivity index (χ0) is 12.3. The van der Waals surface area contributed by atoms with Crippen molar-refractivity contribution in [2.45, 2.75) is 33.1 Å². The van der Waals surface area contributed by atoms with Crippen molar-refractivity contribution in [3.05, 3.63) is 35.4 Å². The van der Waals surface area contributed by atoms with Gasteiger partial charge in [0.25, 0.3) is 5.91 Å². The quantitative estimate of drug-likeness (QED) is 0.765. The lowest BCUT2D eigenvalue weighted by molar-refractivity contribution is 0.0688. The molecule has 0 atom stereocenters. The van der Waals surface area contributed by atoms with E-state index >= 15 is 0 Å². The number of nitrogens with zero attached hydrogens (tertiary/aromatic N) is 1. The molecule has 1 heterocycles. The largest absolute Gasteiger partial charge is 0.339 e. The number of benzene rings is 1. The monoisotopic (exact) mass is 231 g/mol. The Morgan fingerprint density at radius 1 is 1.35 bits per heavy atom. The van der Waals surface area contributed by atoms with Gasteiger partial charge in [-0.15, -0.1) is 0 Å². The molecule has 2 nitrogen and oxygen atoms in total. The minimum atomic E-state index is 0.197. The molecule has 92 valence electrons. The molecule has 1 fully saturated rings.